The molecule has 1 amide bonds. The van der Waals surface area contributed by atoms with Gasteiger partial charge in [0.25, 0.3) is 0 Å². The van der Waals surface area contributed by atoms with Crippen LogP contribution < -0.4 is 0 Å². The number of hydrogen-bond acceptors (Lipinski definition) is 4. The molecule has 6 nitrogen and oxygen atoms in total. The fourth-order valence-corrected chi connectivity index (χ4v) is 5.35. The molecule has 2 heterocycles. The molecule has 1 aliphatic heterocycles. The zero-order valence-corrected chi connectivity index (χ0v) is 19.6. The van der Waals surface area contributed by atoms with Crippen molar-refractivity contribution in [3.8, 4) is 5.69 Å². The molecule has 0 spiro atoms. The first-order valence-corrected chi connectivity index (χ1v) is 12.4. The zero-order chi connectivity index (χ0) is 22.9. The summed E-state index contributed by atoms with van der Waals surface area (Å²) >= 11 is 0. The number of likely N-dealkylation sites (tertiary alicyclic amines) is 1. The van der Waals surface area contributed by atoms with Crippen molar-refractivity contribution < 1.29 is 14.3 Å². The minimum absolute atomic E-state index is 0.0277. The Hall–Kier alpha value is -2.89. The summed E-state index contributed by atoms with van der Waals surface area (Å²) in [5, 5.41) is 4.58. The van der Waals surface area contributed by atoms with Gasteiger partial charge in [-0.2, -0.15) is 5.10 Å². The molecule has 1 aromatic heterocycles. The van der Waals surface area contributed by atoms with E-state index in [1.165, 1.54) is 5.57 Å². The smallest absolute Gasteiger partial charge is 0.341 e. The second-order valence-corrected chi connectivity index (χ2v) is 9.61. The molecular formula is C27H33N3O3. The van der Waals surface area contributed by atoms with Gasteiger partial charge in [0, 0.05) is 18.5 Å². The van der Waals surface area contributed by atoms with Gasteiger partial charge in [-0.1, -0.05) is 18.2 Å². The first-order chi connectivity index (χ1) is 16.1. The second-order valence-electron chi connectivity index (χ2n) is 9.61. The fraction of sp³-hybridized carbons (Fsp3) is 0.519. The first-order valence-electron chi connectivity index (χ1n) is 12.4. The maximum absolute atomic E-state index is 13.1. The summed E-state index contributed by atoms with van der Waals surface area (Å²) in [6.45, 7) is 5.23. The average Bonchev–Trinajstić information content (AvgIpc) is 3.43. The molecule has 1 saturated carbocycles. The van der Waals surface area contributed by atoms with Gasteiger partial charge >= 0.3 is 5.97 Å². The number of rotatable bonds is 6. The largest absolute Gasteiger partial charge is 0.462 e. The molecule has 33 heavy (non-hydrogen) atoms. The van der Waals surface area contributed by atoms with Crippen LogP contribution in [0.15, 0.2) is 36.5 Å². The van der Waals surface area contributed by atoms with E-state index in [0.717, 1.165) is 68.4 Å². The van der Waals surface area contributed by atoms with E-state index < -0.39 is 0 Å². The standard InChI is InChI=1S/C27H33N3O3/c1-3-33-27(32)24-17-28-30(25(24)19-12-13-19)23-11-5-9-21(16-23)20-8-4-10-22(15-20)26(31)29-14-6-7-18(29)2/h5,9,11,15-19,22H,3-4,6-8,10,12-14H2,1-2H3/t18-,22?/m1/s1. The maximum Gasteiger partial charge on any atom is 0.341 e. The number of hydrogen-bond donors (Lipinski definition) is 0. The molecule has 1 aromatic carbocycles. The number of carbonyl (C=O) groups is 2. The van der Waals surface area contributed by atoms with Gasteiger partial charge < -0.3 is 9.64 Å². The van der Waals surface area contributed by atoms with Gasteiger partial charge in [-0.3, -0.25) is 4.79 Å². The summed E-state index contributed by atoms with van der Waals surface area (Å²) in [6.07, 6.45) is 11.1. The van der Waals surface area contributed by atoms with Crippen molar-refractivity contribution in [1.82, 2.24) is 14.7 Å². The third-order valence-electron chi connectivity index (χ3n) is 7.24. The number of benzene rings is 1. The predicted molar refractivity (Wildman–Crippen MR) is 127 cm³/mol. The minimum Gasteiger partial charge on any atom is -0.462 e. The van der Waals surface area contributed by atoms with Gasteiger partial charge in [-0.05, 0) is 82.1 Å². The van der Waals surface area contributed by atoms with Gasteiger partial charge in [-0.15, -0.1) is 0 Å². The van der Waals surface area contributed by atoms with Crippen LogP contribution in [0.25, 0.3) is 11.3 Å². The van der Waals surface area contributed by atoms with Crippen molar-refractivity contribution in [3.05, 3.63) is 53.4 Å². The first kappa shape index (κ1) is 21.9. The third kappa shape index (κ3) is 4.35. The van der Waals surface area contributed by atoms with Crippen LogP contribution in [0.1, 0.15) is 86.3 Å². The van der Waals surface area contributed by atoms with Crippen molar-refractivity contribution in [2.24, 2.45) is 5.92 Å². The summed E-state index contributed by atoms with van der Waals surface area (Å²) in [5.41, 5.74) is 4.85. The Morgan fingerprint density at radius 2 is 2.00 bits per heavy atom. The van der Waals surface area contributed by atoms with Gasteiger partial charge in [0.2, 0.25) is 5.91 Å². The predicted octanol–water partition coefficient (Wildman–Crippen LogP) is 5.12. The quantitative estimate of drug-likeness (QED) is 0.577. The van der Waals surface area contributed by atoms with Crippen molar-refractivity contribution >= 4 is 17.4 Å². The molecule has 174 valence electrons. The van der Waals surface area contributed by atoms with Gasteiger partial charge in [0.15, 0.2) is 0 Å². The Balaban J connectivity index is 1.44. The highest BCUT2D eigenvalue weighted by molar-refractivity contribution is 5.91. The molecule has 0 N–H and O–H groups in total. The molecule has 2 atom stereocenters. The summed E-state index contributed by atoms with van der Waals surface area (Å²) in [4.78, 5) is 27.7. The van der Waals surface area contributed by atoms with Crippen LogP contribution in [0.4, 0.5) is 0 Å². The highest BCUT2D eigenvalue weighted by atomic mass is 16.5. The molecule has 1 saturated heterocycles. The van der Waals surface area contributed by atoms with E-state index in [1.807, 2.05) is 23.7 Å². The molecule has 0 bridgehead atoms. The lowest BCUT2D eigenvalue weighted by Gasteiger charge is -2.28. The Morgan fingerprint density at radius 3 is 2.73 bits per heavy atom. The number of amides is 1. The van der Waals surface area contributed by atoms with Crippen LogP contribution in [0.3, 0.4) is 0 Å². The van der Waals surface area contributed by atoms with Crippen LogP contribution in [-0.4, -0.2) is 45.8 Å². The zero-order valence-electron chi connectivity index (χ0n) is 19.6. The number of allylic oxidation sites excluding steroid dienone is 1. The number of esters is 1. The van der Waals surface area contributed by atoms with Gasteiger partial charge in [0.1, 0.15) is 5.56 Å². The molecule has 2 fully saturated rings. The van der Waals surface area contributed by atoms with E-state index in [2.05, 4.69) is 35.1 Å². The molecule has 2 aromatic rings. The fourth-order valence-electron chi connectivity index (χ4n) is 5.35. The van der Waals surface area contributed by atoms with Crippen molar-refractivity contribution in [2.45, 2.75) is 70.8 Å². The number of nitrogens with zero attached hydrogens (tertiary/aromatic N) is 3. The Bertz CT molecular complexity index is 1080. The van der Waals surface area contributed by atoms with Gasteiger partial charge in [0.05, 0.1) is 30.1 Å². The van der Waals surface area contributed by atoms with Gasteiger partial charge in [-0.25, -0.2) is 9.48 Å². The highest BCUT2D eigenvalue weighted by Crippen LogP contribution is 2.43. The third-order valence-corrected chi connectivity index (χ3v) is 7.24. The van der Waals surface area contributed by atoms with E-state index in [4.69, 9.17) is 4.74 Å². The molecule has 5 rings (SSSR count). The van der Waals surface area contributed by atoms with Crippen LogP contribution >= 0.6 is 0 Å². The molecule has 3 aliphatic rings. The lowest BCUT2D eigenvalue weighted by Crippen LogP contribution is -2.38. The summed E-state index contributed by atoms with van der Waals surface area (Å²) < 4.78 is 7.17. The van der Waals surface area contributed by atoms with E-state index >= 15 is 0 Å². The number of aromatic nitrogens is 2. The van der Waals surface area contributed by atoms with Crippen molar-refractivity contribution in [1.29, 1.82) is 0 Å². The highest BCUT2D eigenvalue weighted by Gasteiger charge is 2.34. The lowest BCUT2D eigenvalue weighted by molar-refractivity contribution is -0.134. The second kappa shape index (κ2) is 9.16. The van der Waals surface area contributed by atoms with E-state index in [0.29, 0.717) is 24.1 Å². The molecule has 1 unspecified atom stereocenters. The monoisotopic (exact) mass is 447 g/mol. The molecular weight excluding hydrogens is 414 g/mol. The number of ether oxygens (including phenoxy) is 1. The molecule has 6 heteroatoms. The van der Waals surface area contributed by atoms with Crippen LogP contribution in [0.5, 0.6) is 0 Å². The van der Waals surface area contributed by atoms with E-state index in [9.17, 15) is 9.59 Å². The molecule has 0 radical (unpaired) electrons. The van der Waals surface area contributed by atoms with Crippen molar-refractivity contribution in [3.63, 3.8) is 0 Å². The SMILES string of the molecule is CCOC(=O)c1cnn(-c2cccc(C3=CC(C(=O)N4CCC[C@H]4C)CCC3)c2)c1C1CC1. The Labute approximate surface area is 195 Å². The van der Waals surface area contributed by atoms with Crippen LogP contribution in [0.2, 0.25) is 0 Å². The van der Waals surface area contributed by atoms with E-state index in [1.54, 1.807) is 6.20 Å². The topological polar surface area (TPSA) is 64.4 Å². The number of carbonyl (C=O) groups excluding carboxylic acids is 2. The summed E-state index contributed by atoms with van der Waals surface area (Å²) in [5.74, 6) is 0.318. The molecule has 2 aliphatic carbocycles. The maximum atomic E-state index is 13.1. The summed E-state index contributed by atoms with van der Waals surface area (Å²) in [7, 11) is 0. The Kier molecular flexibility index (Phi) is 6.09. The van der Waals surface area contributed by atoms with E-state index in [-0.39, 0.29) is 17.8 Å². The van der Waals surface area contributed by atoms with Crippen molar-refractivity contribution in [2.75, 3.05) is 13.2 Å². The normalized spacial score (nSPS) is 22.8. The lowest BCUT2D eigenvalue weighted by atomic mass is 9.86. The van der Waals surface area contributed by atoms with Crippen LogP contribution in [-0.2, 0) is 9.53 Å². The minimum atomic E-state index is -0.297. The van der Waals surface area contributed by atoms with Crippen LogP contribution in [0, 0.1) is 5.92 Å². The average molecular weight is 448 g/mol. The summed E-state index contributed by atoms with van der Waals surface area (Å²) in [6, 6.07) is 8.70. The Morgan fingerprint density at radius 1 is 1.15 bits per heavy atom.